The molecular formula is C9H9ClFNO2. The minimum Gasteiger partial charge on any atom is -0.480 e. The fraction of sp³-hybridized carbons (Fsp3) is 0.222. The summed E-state index contributed by atoms with van der Waals surface area (Å²) in [6.45, 7) is 0. The van der Waals surface area contributed by atoms with E-state index in [4.69, 9.17) is 16.7 Å². The first kappa shape index (κ1) is 10.9. The standard InChI is InChI=1S/C9H9ClFNO2/c10-7-3-1-2-6(4-7)5-8(12-11)9(13)14/h1-4,8,12H,5H2,(H,13,14). The van der Waals surface area contributed by atoms with Crippen molar-refractivity contribution in [2.75, 3.05) is 0 Å². The Morgan fingerprint density at radius 3 is 2.86 bits per heavy atom. The number of halogens is 2. The number of hydrogen-bond acceptors (Lipinski definition) is 2. The van der Waals surface area contributed by atoms with Crippen LogP contribution in [0.25, 0.3) is 0 Å². The Kier molecular flexibility index (Phi) is 3.85. The molecule has 0 radical (unpaired) electrons. The number of nitrogens with one attached hydrogen (secondary N) is 1. The summed E-state index contributed by atoms with van der Waals surface area (Å²) >= 11 is 5.69. The Labute approximate surface area is 85.4 Å². The SMILES string of the molecule is O=C(O)C(Cc1cccc(Cl)c1)NF. The molecule has 3 nitrogen and oxygen atoms in total. The molecule has 1 atom stereocenters. The minimum absolute atomic E-state index is 0.0619. The molecule has 1 aromatic rings. The van der Waals surface area contributed by atoms with Crippen molar-refractivity contribution in [2.45, 2.75) is 12.5 Å². The molecule has 1 rings (SSSR count). The van der Waals surface area contributed by atoms with Crippen molar-refractivity contribution in [1.82, 2.24) is 5.54 Å². The molecule has 76 valence electrons. The average molecular weight is 218 g/mol. The normalized spacial score (nSPS) is 12.4. The maximum atomic E-state index is 12.0. The summed E-state index contributed by atoms with van der Waals surface area (Å²) in [6.07, 6.45) is 0.0619. The second-order valence-corrected chi connectivity index (χ2v) is 3.27. The molecule has 0 heterocycles. The number of carboxylic acid groups (broad SMARTS) is 1. The summed E-state index contributed by atoms with van der Waals surface area (Å²) in [5.74, 6) is -1.23. The maximum absolute atomic E-state index is 12.0. The van der Waals surface area contributed by atoms with Gasteiger partial charge in [-0.15, -0.1) is 10.0 Å². The van der Waals surface area contributed by atoms with Crippen LogP contribution in [0.1, 0.15) is 5.56 Å². The summed E-state index contributed by atoms with van der Waals surface area (Å²) in [4.78, 5) is 10.5. The topological polar surface area (TPSA) is 49.3 Å². The van der Waals surface area contributed by atoms with Crippen molar-refractivity contribution in [3.63, 3.8) is 0 Å². The van der Waals surface area contributed by atoms with E-state index >= 15 is 0 Å². The van der Waals surface area contributed by atoms with E-state index in [0.717, 1.165) is 0 Å². The van der Waals surface area contributed by atoms with Crippen molar-refractivity contribution >= 4 is 17.6 Å². The van der Waals surface area contributed by atoms with E-state index in [2.05, 4.69) is 0 Å². The van der Waals surface area contributed by atoms with Gasteiger partial charge in [-0.05, 0) is 17.7 Å². The van der Waals surface area contributed by atoms with Crippen LogP contribution in [0, 0.1) is 0 Å². The van der Waals surface area contributed by atoms with E-state index in [1.165, 1.54) is 5.54 Å². The summed E-state index contributed by atoms with van der Waals surface area (Å²) in [5.41, 5.74) is 1.90. The Hall–Kier alpha value is -1.13. The highest BCUT2D eigenvalue weighted by Gasteiger charge is 2.17. The molecule has 14 heavy (non-hydrogen) atoms. The summed E-state index contributed by atoms with van der Waals surface area (Å²) in [7, 11) is 0. The Morgan fingerprint density at radius 1 is 1.64 bits per heavy atom. The number of benzene rings is 1. The lowest BCUT2D eigenvalue weighted by molar-refractivity contribution is -0.140. The van der Waals surface area contributed by atoms with Crippen LogP contribution in [0.4, 0.5) is 4.48 Å². The molecule has 0 bridgehead atoms. The molecule has 1 unspecified atom stereocenters. The summed E-state index contributed by atoms with van der Waals surface area (Å²) in [5, 5.41) is 9.07. The zero-order valence-corrected chi connectivity index (χ0v) is 7.96. The number of rotatable bonds is 4. The smallest absolute Gasteiger partial charge is 0.323 e. The largest absolute Gasteiger partial charge is 0.480 e. The predicted molar refractivity (Wildman–Crippen MR) is 50.8 cm³/mol. The molecule has 5 heteroatoms. The fourth-order valence-corrected chi connectivity index (χ4v) is 1.29. The van der Waals surface area contributed by atoms with Gasteiger partial charge in [-0.2, -0.15) is 0 Å². The van der Waals surface area contributed by atoms with Gasteiger partial charge in [0.2, 0.25) is 0 Å². The quantitative estimate of drug-likeness (QED) is 0.757. The summed E-state index contributed by atoms with van der Waals surface area (Å²) < 4.78 is 12.0. The molecule has 0 aromatic heterocycles. The number of carbonyl (C=O) groups is 1. The molecule has 0 spiro atoms. The number of hydrogen-bond donors (Lipinski definition) is 2. The van der Waals surface area contributed by atoms with E-state index < -0.39 is 12.0 Å². The Morgan fingerprint density at radius 2 is 2.36 bits per heavy atom. The van der Waals surface area contributed by atoms with E-state index in [0.29, 0.717) is 10.6 Å². The number of aliphatic carboxylic acids is 1. The molecule has 1 aromatic carbocycles. The minimum atomic E-state index is -1.23. The molecule has 0 saturated carbocycles. The second kappa shape index (κ2) is 4.93. The molecule has 2 N–H and O–H groups in total. The van der Waals surface area contributed by atoms with Gasteiger partial charge in [0.15, 0.2) is 0 Å². The van der Waals surface area contributed by atoms with Crippen LogP contribution >= 0.6 is 11.6 Å². The van der Waals surface area contributed by atoms with Gasteiger partial charge in [0.25, 0.3) is 0 Å². The molecule has 0 aliphatic carbocycles. The lowest BCUT2D eigenvalue weighted by Crippen LogP contribution is -2.33. The van der Waals surface area contributed by atoms with E-state index in [1.807, 2.05) is 0 Å². The fourth-order valence-electron chi connectivity index (χ4n) is 1.07. The van der Waals surface area contributed by atoms with Crippen molar-refractivity contribution in [3.05, 3.63) is 34.9 Å². The monoisotopic (exact) mass is 217 g/mol. The molecule has 0 saturated heterocycles. The third-order valence-corrected chi connectivity index (χ3v) is 1.99. The van der Waals surface area contributed by atoms with Gasteiger partial charge in [0.1, 0.15) is 6.04 Å². The molecule has 0 amide bonds. The first-order valence-electron chi connectivity index (χ1n) is 3.97. The van der Waals surface area contributed by atoms with Crippen molar-refractivity contribution in [1.29, 1.82) is 0 Å². The van der Waals surface area contributed by atoms with Crippen LogP contribution in [-0.4, -0.2) is 17.1 Å². The Bertz CT molecular complexity index is 332. The zero-order valence-electron chi connectivity index (χ0n) is 7.21. The van der Waals surface area contributed by atoms with Gasteiger partial charge >= 0.3 is 5.97 Å². The Balaban J connectivity index is 2.72. The highest BCUT2D eigenvalue weighted by molar-refractivity contribution is 6.30. The predicted octanol–water partition coefficient (Wildman–Crippen LogP) is 1.81. The van der Waals surface area contributed by atoms with Gasteiger partial charge < -0.3 is 5.11 Å². The first-order valence-corrected chi connectivity index (χ1v) is 4.34. The van der Waals surface area contributed by atoms with Crippen LogP contribution in [-0.2, 0) is 11.2 Å². The maximum Gasteiger partial charge on any atom is 0.323 e. The second-order valence-electron chi connectivity index (χ2n) is 2.83. The number of carboxylic acids is 1. The lowest BCUT2D eigenvalue weighted by Gasteiger charge is -2.08. The molecular weight excluding hydrogens is 209 g/mol. The van der Waals surface area contributed by atoms with E-state index in [9.17, 15) is 9.28 Å². The third-order valence-electron chi connectivity index (χ3n) is 1.76. The van der Waals surface area contributed by atoms with Crippen molar-refractivity contribution in [3.8, 4) is 0 Å². The first-order chi connectivity index (χ1) is 6.63. The highest BCUT2D eigenvalue weighted by atomic mass is 35.5. The third kappa shape index (κ3) is 2.97. The van der Waals surface area contributed by atoms with Crippen LogP contribution in [0.5, 0.6) is 0 Å². The van der Waals surface area contributed by atoms with Crippen LogP contribution in [0.15, 0.2) is 24.3 Å². The van der Waals surface area contributed by atoms with Gasteiger partial charge in [0.05, 0.1) is 0 Å². The van der Waals surface area contributed by atoms with Gasteiger partial charge in [-0.25, -0.2) is 0 Å². The van der Waals surface area contributed by atoms with Crippen LogP contribution < -0.4 is 5.54 Å². The molecule has 0 aliphatic rings. The van der Waals surface area contributed by atoms with Gasteiger partial charge in [-0.3, -0.25) is 4.79 Å². The lowest BCUT2D eigenvalue weighted by atomic mass is 10.1. The van der Waals surface area contributed by atoms with E-state index in [-0.39, 0.29) is 6.42 Å². The molecule has 0 aliphatic heterocycles. The van der Waals surface area contributed by atoms with E-state index in [1.54, 1.807) is 24.3 Å². The van der Waals surface area contributed by atoms with Crippen molar-refractivity contribution < 1.29 is 14.4 Å². The zero-order chi connectivity index (χ0) is 10.6. The molecule has 0 fully saturated rings. The van der Waals surface area contributed by atoms with Crippen LogP contribution in [0.3, 0.4) is 0 Å². The highest BCUT2D eigenvalue weighted by Crippen LogP contribution is 2.12. The summed E-state index contributed by atoms with van der Waals surface area (Å²) in [6, 6.07) is 5.43. The van der Waals surface area contributed by atoms with Gasteiger partial charge in [0, 0.05) is 11.4 Å². The van der Waals surface area contributed by atoms with Crippen molar-refractivity contribution in [2.24, 2.45) is 0 Å². The van der Waals surface area contributed by atoms with Gasteiger partial charge in [-0.1, -0.05) is 23.7 Å². The average Bonchev–Trinajstić information content (AvgIpc) is 2.14. The van der Waals surface area contributed by atoms with Crippen LogP contribution in [0.2, 0.25) is 5.02 Å².